The van der Waals surface area contributed by atoms with Crippen molar-refractivity contribution in [3.63, 3.8) is 0 Å². The number of benzene rings is 1. The molecule has 19 heavy (non-hydrogen) atoms. The van der Waals surface area contributed by atoms with Crippen LogP contribution in [0.5, 0.6) is 5.75 Å². The molecule has 0 spiro atoms. The molecular weight excluding hydrogens is 236 g/mol. The Morgan fingerprint density at radius 1 is 1.37 bits per heavy atom. The van der Waals surface area contributed by atoms with Gasteiger partial charge in [-0.2, -0.15) is 0 Å². The van der Waals surface area contributed by atoms with Gasteiger partial charge in [-0.25, -0.2) is 0 Å². The third kappa shape index (κ3) is 5.52. The highest BCUT2D eigenvalue weighted by Gasteiger charge is 2.11. The first-order chi connectivity index (χ1) is 9.21. The SMILES string of the molecule is CCCC(C)CN(CCCN)c1cccc(OC)c1. The maximum atomic E-state index is 5.65. The van der Waals surface area contributed by atoms with Gasteiger partial charge in [-0.1, -0.05) is 26.3 Å². The fourth-order valence-electron chi connectivity index (χ4n) is 2.38. The second kappa shape index (κ2) is 8.81. The second-order valence-corrected chi connectivity index (χ2v) is 5.18. The lowest BCUT2D eigenvalue weighted by Gasteiger charge is -2.28. The molecule has 1 aromatic rings. The molecule has 2 N–H and O–H groups in total. The Balaban J connectivity index is 2.76. The summed E-state index contributed by atoms with van der Waals surface area (Å²) < 4.78 is 5.31. The van der Waals surface area contributed by atoms with E-state index in [2.05, 4.69) is 30.9 Å². The van der Waals surface area contributed by atoms with Gasteiger partial charge in [-0.3, -0.25) is 0 Å². The van der Waals surface area contributed by atoms with E-state index in [1.165, 1.54) is 18.5 Å². The summed E-state index contributed by atoms with van der Waals surface area (Å²) in [6.45, 7) is 7.40. The molecule has 0 radical (unpaired) electrons. The van der Waals surface area contributed by atoms with Crippen LogP contribution in [0, 0.1) is 5.92 Å². The van der Waals surface area contributed by atoms with E-state index in [1.54, 1.807) is 7.11 Å². The monoisotopic (exact) mass is 264 g/mol. The molecule has 0 aliphatic rings. The topological polar surface area (TPSA) is 38.5 Å². The Morgan fingerprint density at radius 3 is 2.79 bits per heavy atom. The zero-order valence-electron chi connectivity index (χ0n) is 12.6. The van der Waals surface area contributed by atoms with Gasteiger partial charge in [0.1, 0.15) is 5.75 Å². The van der Waals surface area contributed by atoms with Crippen LogP contribution in [-0.2, 0) is 0 Å². The highest BCUT2D eigenvalue weighted by Crippen LogP contribution is 2.22. The van der Waals surface area contributed by atoms with Gasteiger partial charge in [0.25, 0.3) is 0 Å². The van der Waals surface area contributed by atoms with Crippen LogP contribution in [0.15, 0.2) is 24.3 Å². The normalized spacial score (nSPS) is 12.2. The quantitative estimate of drug-likeness (QED) is 0.744. The van der Waals surface area contributed by atoms with E-state index < -0.39 is 0 Å². The lowest BCUT2D eigenvalue weighted by atomic mass is 10.1. The van der Waals surface area contributed by atoms with Crippen molar-refractivity contribution in [2.24, 2.45) is 11.7 Å². The van der Waals surface area contributed by atoms with Crippen LogP contribution in [0.4, 0.5) is 5.69 Å². The molecule has 0 saturated heterocycles. The predicted octanol–water partition coefficient (Wildman–Crippen LogP) is 3.29. The van der Waals surface area contributed by atoms with Crippen LogP contribution in [0.1, 0.15) is 33.1 Å². The lowest BCUT2D eigenvalue weighted by molar-refractivity contribution is 0.414. The molecule has 3 nitrogen and oxygen atoms in total. The Morgan fingerprint density at radius 2 is 2.16 bits per heavy atom. The molecule has 1 aromatic carbocycles. The molecule has 0 aromatic heterocycles. The molecule has 1 atom stereocenters. The third-order valence-corrected chi connectivity index (χ3v) is 3.36. The van der Waals surface area contributed by atoms with E-state index in [1.807, 2.05) is 12.1 Å². The summed E-state index contributed by atoms with van der Waals surface area (Å²) in [6, 6.07) is 8.29. The summed E-state index contributed by atoms with van der Waals surface area (Å²) in [5, 5.41) is 0. The predicted molar refractivity (Wildman–Crippen MR) is 83.0 cm³/mol. The summed E-state index contributed by atoms with van der Waals surface area (Å²) in [6.07, 6.45) is 3.53. The average Bonchev–Trinajstić information content (AvgIpc) is 2.43. The van der Waals surface area contributed by atoms with Crippen molar-refractivity contribution >= 4 is 5.69 Å². The molecule has 0 aliphatic carbocycles. The van der Waals surface area contributed by atoms with Gasteiger partial charge >= 0.3 is 0 Å². The third-order valence-electron chi connectivity index (χ3n) is 3.36. The van der Waals surface area contributed by atoms with E-state index in [0.717, 1.165) is 31.8 Å². The number of rotatable bonds is 9. The van der Waals surface area contributed by atoms with Gasteiger partial charge in [0.15, 0.2) is 0 Å². The molecule has 0 amide bonds. The number of nitrogens with two attached hydrogens (primary N) is 1. The maximum Gasteiger partial charge on any atom is 0.120 e. The van der Waals surface area contributed by atoms with E-state index in [9.17, 15) is 0 Å². The van der Waals surface area contributed by atoms with Crippen molar-refractivity contribution < 1.29 is 4.74 Å². The average molecular weight is 264 g/mol. The van der Waals surface area contributed by atoms with Crippen LogP contribution < -0.4 is 15.4 Å². The zero-order chi connectivity index (χ0) is 14.1. The van der Waals surface area contributed by atoms with Gasteiger partial charge in [0, 0.05) is 24.8 Å². The first-order valence-corrected chi connectivity index (χ1v) is 7.30. The smallest absolute Gasteiger partial charge is 0.120 e. The number of nitrogens with zero attached hydrogens (tertiary/aromatic N) is 1. The summed E-state index contributed by atoms with van der Waals surface area (Å²) >= 11 is 0. The number of hydrogen-bond acceptors (Lipinski definition) is 3. The Hall–Kier alpha value is -1.22. The first kappa shape index (κ1) is 15.8. The Kier molecular flexibility index (Phi) is 7.34. The number of methoxy groups -OCH3 is 1. The van der Waals surface area contributed by atoms with Crippen LogP contribution in [0.2, 0.25) is 0 Å². The number of hydrogen-bond donors (Lipinski definition) is 1. The molecule has 3 heteroatoms. The van der Waals surface area contributed by atoms with Crippen LogP contribution >= 0.6 is 0 Å². The second-order valence-electron chi connectivity index (χ2n) is 5.18. The van der Waals surface area contributed by atoms with Crippen molar-refractivity contribution in [3.8, 4) is 5.75 Å². The van der Waals surface area contributed by atoms with E-state index in [-0.39, 0.29) is 0 Å². The van der Waals surface area contributed by atoms with Crippen LogP contribution in [0.3, 0.4) is 0 Å². The Bertz CT molecular complexity index is 354. The Labute approximate surface area is 117 Å². The largest absolute Gasteiger partial charge is 0.497 e. The number of anilines is 1. The van der Waals surface area contributed by atoms with Crippen molar-refractivity contribution in [1.82, 2.24) is 0 Å². The van der Waals surface area contributed by atoms with Gasteiger partial charge in [-0.05, 0) is 37.4 Å². The zero-order valence-corrected chi connectivity index (χ0v) is 12.6. The molecule has 0 heterocycles. The van der Waals surface area contributed by atoms with Crippen molar-refractivity contribution in [2.45, 2.75) is 33.1 Å². The first-order valence-electron chi connectivity index (χ1n) is 7.30. The molecule has 1 unspecified atom stereocenters. The van der Waals surface area contributed by atoms with E-state index >= 15 is 0 Å². The summed E-state index contributed by atoms with van der Waals surface area (Å²) in [4.78, 5) is 2.43. The van der Waals surface area contributed by atoms with Crippen LogP contribution in [-0.4, -0.2) is 26.7 Å². The molecule has 108 valence electrons. The van der Waals surface area contributed by atoms with Gasteiger partial charge in [0.05, 0.1) is 7.11 Å². The molecule has 0 fully saturated rings. The maximum absolute atomic E-state index is 5.65. The minimum absolute atomic E-state index is 0.703. The summed E-state index contributed by atoms with van der Waals surface area (Å²) in [5.41, 5.74) is 6.88. The molecule has 0 aliphatic heterocycles. The van der Waals surface area contributed by atoms with Crippen LogP contribution in [0.25, 0.3) is 0 Å². The van der Waals surface area contributed by atoms with Gasteiger partial charge in [-0.15, -0.1) is 0 Å². The molecule has 1 rings (SSSR count). The number of ether oxygens (including phenoxy) is 1. The standard InChI is InChI=1S/C16H28N2O/c1-4-7-14(2)13-18(11-6-10-17)15-8-5-9-16(12-15)19-3/h5,8-9,12,14H,4,6-7,10-11,13,17H2,1-3H3. The fraction of sp³-hybridized carbons (Fsp3) is 0.625. The van der Waals surface area contributed by atoms with Crippen molar-refractivity contribution in [1.29, 1.82) is 0 Å². The minimum atomic E-state index is 0.703. The van der Waals surface area contributed by atoms with Crippen molar-refractivity contribution in [2.75, 3.05) is 31.6 Å². The summed E-state index contributed by atoms with van der Waals surface area (Å²) in [5.74, 6) is 1.62. The lowest BCUT2D eigenvalue weighted by Crippen LogP contribution is -2.30. The highest BCUT2D eigenvalue weighted by molar-refractivity contribution is 5.50. The fourth-order valence-corrected chi connectivity index (χ4v) is 2.38. The molecule has 0 saturated carbocycles. The minimum Gasteiger partial charge on any atom is -0.497 e. The van der Waals surface area contributed by atoms with Crippen molar-refractivity contribution in [3.05, 3.63) is 24.3 Å². The van der Waals surface area contributed by atoms with E-state index in [0.29, 0.717) is 5.92 Å². The van der Waals surface area contributed by atoms with E-state index in [4.69, 9.17) is 10.5 Å². The van der Waals surface area contributed by atoms with Gasteiger partial charge < -0.3 is 15.4 Å². The van der Waals surface area contributed by atoms with Gasteiger partial charge in [0.2, 0.25) is 0 Å². The molecular formula is C16H28N2O. The molecule has 0 bridgehead atoms. The summed E-state index contributed by atoms with van der Waals surface area (Å²) in [7, 11) is 1.71. The highest BCUT2D eigenvalue weighted by atomic mass is 16.5.